The van der Waals surface area contributed by atoms with Gasteiger partial charge < -0.3 is 21.1 Å². The Labute approximate surface area is 245 Å². The number of fused-ring (bicyclic) bond motifs is 1. The lowest BCUT2D eigenvalue weighted by atomic mass is 9.99. The number of aromatic nitrogens is 3. The molecule has 7 nitrogen and oxygen atoms in total. The van der Waals surface area contributed by atoms with Crippen molar-refractivity contribution < 1.29 is 5.11 Å². The molecule has 0 aliphatic carbocycles. The molecule has 2 heterocycles. The third-order valence-electron chi connectivity index (χ3n) is 7.11. The van der Waals surface area contributed by atoms with Gasteiger partial charge in [-0.15, -0.1) is 0 Å². The van der Waals surface area contributed by atoms with Gasteiger partial charge in [0.1, 0.15) is 11.6 Å². The second-order valence-electron chi connectivity index (χ2n) is 10.2. The molecular formula is C35H32N6O. The highest BCUT2D eigenvalue weighted by molar-refractivity contribution is 5.72. The van der Waals surface area contributed by atoms with Gasteiger partial charge in [0.15, 0.2) is 5.65 Å². The van der Waals surface area contributed by atoms with Gasteiger partial charge in [-0.25, -0.2) is 4.98 Å². The van der Waals surface area contributed by atoms with Crippen LogP contribution in [0.15, 0.2) is 134 Å². The van der Waals surface area contributed by atoms with Gasteiger partial charge >= 0.3 is 0 Å². The first-order valence-electron chi connectivity index (χ1n) is 13.8. The summed E-state index contributed by atoms with van der Waals surface area (Å²) in [7, 11) is 0. The molecule has 0 bridgehead atoms. The molecule has 42 heavy (non-hydrogen) atoms. The Bertz CT molecular complexity index is 1790. The van der Waals surface area contributed by atoms with Crippen LogP contribution in [0.2, 0.25) is 0 Å². The Morgan fingerprint density at radius 1 is 0.857 bits per heavy atom. The van der Waals surface area contributed by atoms with Crippen molar-refractivity contribution in [1.82, 2.24) is 19.9 Å². The summed E-state index contributed by atoms with van der Waals surface area (Å²) in [5, 5.41) is 25.5. The molecule has 0 amide bonds. The number of aromatic hydroxyl groups is 1. The van der Waals surface area contributed by atoms with E-state index >= 15 is 0 Å². The van der Waals surface area contributed by atoms with Crippen molar-refractivity contribution in [3.63, 3.8) is 0 Å². The van der Waals surface area contributed by atoms with Crippen molar-refractivity contribution in [2.24, 2.45) is 0 Å². The lowest BCUT2D eigenvalue weighted by Crippen LogP contribution is -2.25. The number of phenols is 1. The summed E-state index contributed by atoms with van der Waals surface area (Å²) in [6, 6.07) is 38.0. The zero-order valence-electron chi connectivity index (χ0n) is 23.3. The molecule has 0 saturated carbocycles. The molecule has 0 fully saturated rings. The van der Waals surface area contributed by atoms with Crippen molar-refractivity contribution in [1.29, 1.82) is 0 Å². The molecule has 0 atom stereocenters. The Hall–Kier alpha value is -5.56. The average Bonchev–Trinajstić information content (AvgIpc) is 3.40. The van der Waals surface area contributed by atoms with Gasteiger partial charge in [-0.05, 0) is 47.9 Å². The molecular weight excluding hydrogens is 520 g/mol. The first-order chi connectivity index (χ1) is 20.5. The van der Waals surface area contributed by atoms with Gasteiger partial charge in [0, 0.05) is 29.4 Å². The molecule has 7 heteroatoms. The molecule has 0 saturated heterocycles. The van der Waals surface area contributed by atoms with Crippen LogP contribution >= 0.6 is 0 Å². The average molecular weight is 553 g/mol. The second kappa shape index (κ2) is 11.9. The summed E-state index contributed by atoms with van der Waals surface area (Å²) >= 11 is 0. The zero-order valence-corrected chi connectivity index (χ0v) is 23.3. The molecule has 0 unspecified atom stereocenters. The van der Waals surface area contributed by atoms with Crippen LogP contribution in [-0.2, 0) is 6.54 Å². The number of nitrogens with zero attached hydrogens (tertiary/aromatic N) is 3. The summed E-state index contributed by atoms with van der Waals surface area (Å²) in [6.07, 6.45) is 1.80. The fourth-order valence-corrected chi connectivity index (χ4v) is 5.01. The maximum absolute atomic E-state index is 10.4. The molecule has 4 N–H and O–H groups in total. The monoisotopic (exact) mass is 552 g/mol. The highest BCUT2D eigenvalue weighted by atomic mass is 16.3. The minimum Gasteiger partial charge on any atom is -0.507 e. The maximum atomic E-state index is 10.4. The number of benzene rings is 4. The summed E-state index contributed by atoms with van der Waals surface area (Å²) < 4.78 is 1.79. The number of para-hydroxylation sites is 1. The van der Waals surface area contributed by atoms with E-state index in [1.54, 1.807) is 22.8 Å². The SMILES string of the molecule is C=C(Nc1cccc(CNc2cc(-c3ccccc3O)nc3c(C)cnn23)c1)NC(c1ccccc1)c1ccccc1. The van der Waals surface area contributed by atoms with Crippen LogP contribution in [-0.4, -0.2) is 19.7 Å². The predicted molar refractivity (Wildman–Crippen MR) is 169 cm³/mol. The number of aryl methyl sites for hydroxylation is 1. The van der Waals surface area contributed by atoms with Crippen molar-refractivity contribution in [3.05, 3.63) is 156 Å². The highest BCUT2D eigenvalue weighted by Gasteiger charge is 2.15. The van der Waals surface area contributed by atoms with Crippen LogP contribution in [0.5, 0.6) is 5.75 Å². The van der Waals surface area contributed by atoms with Crippen molar-refractivity contribution in [3.8, 4) is 17.0 Å². The topological polar surface area (TPSA) is 86.5 Å². The zero-order chi connectivity index (χ0) is 28.9. The Morgan fingerprint density at radius 3 is 2.26 bits per heavy atom. The first-order valence-corrected chi connectivity index (χ1v) is 13.8. The Kier molecular flexibility index (Phi) is 7.55. The molecule has 4 aromatic carbocycles. The molecule has 0 radical (unpaired) electrons. The Balaban J connectivity index is 1.19. The van der Waals surface area contributed by atoms with E-state index in [2.05, 4.69) is 64.0 Å². The lowest BCUT2D eigenvalue weighted by molar-refractivity contribution is 0.477. The number of phenolic OH excluding ortho intramolecular Hbond substituents is 1. The number of rotatable bonds is 10. The Morgan fingerprint density at radius 2 is 1.55 bits per heavy atom. The minimum absolute atomic E-state index is 0.0397. The number of nitrogens with one attached hydrogen (secondary N) is 3. The normalized spacial score (nSPS) is 11.0. The van der Waals surface area contributed by atoms with Gasteiger partial charge in [-0.1, -0.05) is 91.5 Å². The highest BCUT2D eigenvalue weighted by Crippen LogP contribution is 2.30. The quantitative estimate of drug-likeness (QED) is 0.143. The summed E-state index contributed by atoms with van der Waals surface area (Å²) in [5.74, 6) is 1.67. The first kappa shape index (κ1) is 26.7. The number of anilines is 2. The van der Waals surface area contributed by atoms with E-state index in [9.17, 15) is 5.11 Å². The third-order valence-corrected chi connectivity index (χ3v) is 7.11. The second-order valence-corrected chi connectivity index (χ2v) is 10.2. The molecule has 0 spiro atoms. The van der Waals surface area contributed by atoms with E-state index in [0.29, 0.717) is 23.6 Å². The van der Waals surface area contributed by atoms with Crippen LogP contribution < -0.4 is 16.0 Å². The van der Waals surface area contributed by atoms with Crippen molar-refractivity contribution >= 4 is 17.2 Å². The molecule has 6 aromatic rings. The van der Waals surface area contributed by atoms with Crippen LogP contribution in [0.4, 0.5) is 11.5 Å². The van der Waals surface area contributed by atoms with Gasteiger partial charge in [0.05, 0.1) is 23.8 Å². The van der Waals surface area contributed by atoms with Crippen molar-refractivity contribution in [2.75, 3.05) is 10.6 Å². The lowest BCUT2D eigenvalue weighted by Gasteiger charge is -2.23. The standard InChI is InChI=1S/C35H32N6O/c1-24-22-37-41-33(21-31(40-35(24)41)30-18-9-10-19-32(30)42)36-23-26-12-11-17-29(20-26)38-25(2)39-34(27-13-5-3-6-14-27)28-15-7-4-8-16-28/h3-22,34,36,38-39,42H,2,23H2,1H3. The van der Waals surface area contributed by atoms with Gasteiger partial charge in [-0.2, -0.15) is 9.61 Å². The van der Waals surface area contributed by atoms with Gasteiger partial charge in [0.25, 0.3) is 0 Å². The van der Waals surface area contributed by atoms with E-state index in [1.807, 2.05) is 73.7 Å². The predicted octanol–water partition coefficient (Wildman–Crippen LogP) is 7.28. The fourth-order valence-electron chi connectivity index (χ4n) is 5.01. The smallest absolute Gasteiger partial charge is 0.160 e. The number of hydrogen-bond donors (Lipinski definition) is 4. The number of hydrogen-bond acceptors (Lipinski definition) is 6. The van der Waals surface area contributed by atoms with E-state index < -0.39 is 0 Å². The molecule has 0 aliphatic heterocycles. The van der Waals surface area contributed by atoms with Gasteiger partial charge in [0.2, 0.25) is 0 Å². The van der Waals surface area contributed by atoms with Crippen LogP contribution in [0.1, 0.15) is 28.3 Å². The van der Waals surface area contributed by atoms with E-state index in [1.165, 1.54) is 0 Å². The van der Waals surface area contributed by atoms with E-state index in [0.717, 1.165) is 39.4 Å². The largest absolute Gasteiger partial charge is 0.507 e. The van der Waals surface area contributed by atoms with E-state index in [-0.39, 0.29) is 11.8 Å². The van der Waals surface area contributed by atoms with E-state index in [4.69, 9.17) is 4.98 Å². The van der Waals surface area contributed by atoms with Gasteiger partial charge in [-0.3, -0.25) is 0 Å². The van der Waals surface area contributed by atoms with Crippen LogP contribution in [0, 0.1) is 6.92 Å². The van der Waals surface area contributed by atoms with Crippen LogP contribution in [0.3, 0.4) is 0 Å². The fraction of sp³-hybridized carbons (Fsp3) is 0.0857. The molecule has 0 aliphatic rings. The van der Waals surface area contributed by atoms with Crippen LogP contribution in [0.25, 0.3) is 16.9 Å². The summed E-state index contributed by atoms with van der Waals surface area (Å²) in [6.45, 7) is 6.81. The maximum Gasteiger partial charge on any atom is 0.160 e. The van der Waals surface area contributed by atoms with Crippen molar-refractivity contribution in [2.45, 2.75) is 19.5 Å². The molecule has 208 valence electrons. The summed E-state index contributed by atoms with van der Waals surface area (Å²) in [4.78, 5) is 4.77. The minimum atomic E-state index is -0.0397. The molecule has 6 rings (SSSR count). The molecule has 2 aromatic heterocycles. The third kappa shape index (κ3) is 5.81. The summed E-state index contributed by atoms with van der Waals surface area (Å²) in [5.41, 5.74) is 7.36.